The second kappa shape index (κ2) is 9.83. The predicted octanol–water partition coefficient (Wildman–Crippen LogP) is 6.17. The zero-order valence-corrected chi connectivity index (χ0v) is 15.4. The lowest BCUT2D eigenvalue weighted by Gasteiger charge is -2.19. The molecule has 0 bridgehead atoms. The lowest BCUT2D eigenvalue weighted by molar-refractivity contribution is 0.460. The number of phenols is 2. The molecule has 0 spiro atoms. The van der Waals surface area contributed by atoms with Crippen LogP contribution in [-0.2, 0) is 6.42 Å². The number of fused-ring (bicyclic) bond motifs is 2. The maximum Gasteiger partial charge on any atom is 0.130 e. The highest BCUT2D eigenvalue weighted by Crippen LogP contribution is 2.35. The third-order valence-corrected chi connectivity index (χ3v) is 4.06. The Morgan fingerprint density at radius 3 is 1.18 bits per heavy atom. The number of rotatable bonds is 0. The molecule has 4 aromatic carbocycles. The second-order valence-corrected chi connectivity index (χ2v) is 6.17. The van der Waals surface area contributed by atoms with Gasteiger partial charge in [0.2, 0.25) is 0 Å². The van der Waals surface area contributed by atoms with Gasteiger partial charge in [-0.25, -0.2) is 0 Å². The van der Waals surface area contributed by atoms with E-state index in [0.717, 1.165) is 17.9 Å². The highest BCUT2D eigenvalue weighted by Gasteiger charge is 2.14. The number of para-hydroxylation sites is 4. The Bertz CT molecular complexity index is 858. The number of phenolic OH excluding ortho intramolecular Hbond substituents is 2. The second-order valence-electron chi connectivity index (χ2n) is 6.17. The monoisotopic (exact) mass is 370 g/mol. The van der Waals surface area contributed by atoms with Crippen LogP contribution in [0.4, 0.5) is 0 Å². The van der Waals surface area contributed by atoms with Crippen molar-refractivity contribution in [1.29, 1.82) is 0 Å². The van der Waals surface area contributed by atoms with Crippen LogP contribution >= 0.6 is 0 Å². The van der Waals surface area contributed by atoms with Crippen LogP contribution in [0.15, 0.2) is 109 Å². The molecule has 0 amide bonds. The Morgan fingerprint density at radius 1 is 0.464 bits per heavy atom. The fraction of sp³-hybridized carbons (Fsp3) is 0.0400. The van der Waals surface area contributed by atoms with Crippen molar-refractivity contribution < 1.29 is 14.9 Å². The zero-order chi connectivity index (χ0) is 19.6. The van der Waals surface area contributed by atoms with Gasteiger partial charge in [-0.3, -0.25) is 0 Å². The largest absolute Gasteiger partial charge is 0.508 e. The highest BCUT2D eigenvalue weighted by molar-refractivity contribution is 5.49. The Morgan fingerprint density at radius 2 is 0.821 bits per heavy atom. The molecule has 2 N–H and O–H groups in total. The molecule has 1 heterocycles. The third-order valence-electron chi connectivity index (χ3n) is 4.06. The number of aromatic hydroxyl groups is 2. The minimum Gasteiger partial charge on any atom is -0.508 e. The van der Waals surface area contributed by atoms with Gasteiger partial charge in [0.25, 0.3) is 0 Å². The molecule has 28 heavy (non-hydrogen) atoms. The highest BCUT2D eigenvalue weighted by atomic mass is 16.5. The normalized spacial score (nSPS) is 10.6. The van der Waals surface area contributed by atoms with Crippen LogP contribution in [0, 0.1) is 0 Å². The van der Waals surface area contributed by atoms with E-state index in [1.807, 2.05) is 36.4 Å². The Hall–Kier alpha value is -3.72. The van der Waals surface area contributed by atoms with Crippen LogP contribution in [0.1, 0.15) is 11.1 Å². The van der Waals surface area contributed by atoms with Crippen LogP contribution < -0.4 is 4.74 Å². The molecular weight excluding hydrogens is 348 g/mol. The van der Waals surface area contributed by atoms with Gasteiger partial charge in [-0.1, -0.05) is 72.8 Å². The summed E-state index contributed by atoms with van der Waals surface area (Å²) in [4.78, 5) is 0. The van der Waals surface area contributed by atoms with E-state index < -0.39 is 0 Å². The molecule has 0 aliphatic carbocycles. The molecule has 4 aromatic rings. The third kappa shape index (κ3) is 5.64. The van der Waals surface area contributed by atoms with E-state index in [4.69, 9.17) is 14.9 Å². The minimum absolute atomic E-state index is 0.322. The standard InChI is InChI=1S/C13H10O.2C6H6O/c1-3-7-12-10(5-1)9-11-6-2-4-8-13(11)14-12;2*7-6-4-2-1-3-5-6/h1-8H,9H2;2*1-5,7H. The fourth-order valence-corrected chi connectivity index (χ4v) is 2.68. The summed E-state index contributed by atoms with van der Waals surface area (Å²) in [5.41, 5.74) is 2.54. The molecule has 5 rings (SSSR count). The van der Waals surface area contributed by atoms with Crippen LogP contribution in [-0.4, -0.2) is 10.2 Å². The van der Waals surface area contributed by atoms with Crippen molar-refractivity contribution >= 4 is 0 Å². The molecule has 1 aliphatic rings. The summed E-state index contributed by atoms with van der Waals surface area (Å²) in [6.45, 7) is 0. The summed E-state index contributed by atoms with van der Waals surface area (Å²) in [6.07, 6.45) is 0.979. The molecule has 0 saturated heterocycles. The average molecular weight is 370 g/mol. The van der Waals surface area contributed by atoms with Crippen molar-refractivity contribution in [1.82, 2.24) is 0 Å². The van der Waals surface area contributed by atoms with E-state index >= 15 is 0 Å². The summed E-state index contributed by atoms with van der Waals surface area (Å²) in [5.74, 6) is 2.63. The minimum atomic E-state index is 0.322. The van der Waals surface area contributed by atoms with Gasteiger partial charge < -0.3 is 14.9 Å². The van der Waals surface area contributed by atoms with E-state index in [2.05, 4.69) is 24.3 Å². The Labute approximate surface area is 165 Å². The molecule has 3 heteroatoms. The van der Waals surface area contributed by atoms with Gasteiger partial charge in [-0.2, -0.15) is 0 Å². The van der Waals surface area contributed by atoms with Gasteiger partial charge in [0.05, 0.1) is 0 Å². The smallest absolute Gasteiger partial charge is 0.130 e. The molecule has 0 saturated carbocycles. The molecule has 0 unspecified atom stereocenters. The van der Waals surface area contributed by atoms with Crippen molar-refractivity contribution in [3.63, 3.8) is 0 Å². The first kappa shape index (κ1) is 19.1. The van der Waals surface area contributed by atoms with Crippen molar-refractivity contribution in [2.75, 3.05) is 0 Å². The number of hydrogen-bond donors (Lipinski definition) is 2. The maximum atomic E-state index is 8.63. The summed E-state index contributed by atoms with van der Waals surface area (Å²) >= 11 is 0. The van der Waals surface area contributed by atoms with E-state index in [9.17, 15) is 0 Å². The first-order valence-corrected chi connectivity index (χ1v) is 9.04. The van der Waals surface area contributed by atoms with E-state index in [0.29, 0.717) is 11.5 Å². The van der Waals surface area contributed by atoms with Crippen LogP contribution in [0.3, 0.4) is 0 Å². The van der Waals surface area contributed by atoms with Crippen molar-refractivity contribution in [3.8, 4) is 23.0 Å². The number of ether oxygens (including phenoxy) is 1. The Kier molecular flexibility index (Phi) is 6.69. The average Bonchev–Trinajstić information content (AvgIpc) is 2.74. The molecule has 3 nitrogen and oxygen atoms in total. The van der Waals surface area contributed by atoms with Crippen LogP contribution in [0.2, 0.25) is 0 Å². The van der Waals surface area contributed by atoms with Crippen LogP contribution in [0.25, 0.3) is 0 Å². The maximum absolute atomic E-state index is 8.63. The zero-order valence-electron chi connectivity index (χ0n) is 15.4. The molecule has 0 aromatic heterocycles. The van der Waals surface area contributed by atoms with Gasteiger partial charge in [0, 0.05) is 6.42 Å². The first-order chi connectivity index (χ1) is 13.7. The Balaban J connectivity index is 0.000000136. The SMILES string of the molecule is Oc1ccccc1.Oc1ccccc1.c1ccc2c(c1)Cc1ccccc1O2. The van der Waals surface area contributed by atoms with Gasteiger partial charge >= 0.3 is 0 Å². The summed E-state index contributed by atoms with van der Waals surface area (Å²) < 4.78 is 5.78. The van der Waals surface area contributed by atoms with Gasteiger partial charge in [-0.15, -0.1) is 0 Å². The molecule has 0 atom stereocenters. The molecule has 1 aliphatic heterocycles. The van der Waals surface area contributed by atoms with E-state index in [-0.39, 0.29) is 0 Å². The van der Waals surface area contributed by atoms with Crippen molar-refractivity contribution in [2.45, 2.75) is 6.42 Å². The van der Waals surface area contributed by atoms with E-state index in [1.54, 1.807) is 48.5 Å². The van der Waals surface area contributed by atoms with Crippen molar-refractivity contribution in [3.05, 3.63) is 120 Å². The van der Waals surface area contributed by atoms with E-state index in [1.165, 1.54) is 11.1 Å². The van der Waals surface area contributed by atoms with Gasteiger partial charge in [0.15, 0.2) is 0 Å². The summed E-state index contributed by atoms with van der Waals surface area (Å²) in [7, 11) is 0. The molecule has 0 radical (unpaired) electrons. The lowest BCUT2D eigenvalue weighted by Crippen LogP contribution is -2.01. The molecular formula is C25H22O3. The summed E-state index contributed by atoms with van der Waals surface area (Å²) in [5, 5.41) is 17.3. The first-order valence-electron chi connectivity index (χ1n) is 9.04. The topological polar surface area (TPSA) is 49.7 Å². The fourth-order valence-electron chi connectivity index (χ4n) is 2.68. The number of benzene rings is 4. The van der Waals surface area contributed by atoms with Crippen LogP contribution in [0.5, 0.6) is 23.0 Å². The molecule has 140 valence electrons. The quantitative estimate of drug-likeness (QED) is 0.343. The van der Waals surface area contributed by atoms with Gasteiger partial charge in [-0.05, 0) is 47.5 Å². The predicted molar refractivity (Wildman–Crippen MR) is 112 cm³/mol. The number of hydrogen-bond acceptors (Lipinski definition) is 3. The molecule has 0 fully saturated rings. The lowest BCUT2D eigenvalue weighted by atomic mass is 10.0. The summed E-state index contributed by atoms with van der Waals surface area (Å²) in [6, 6.07) is 33.8. The van der Waals surface area contributed by atoms with Crippen molar-refractivity contribution in [2.24, 2.45) is 0 Å². The van der Waals surface area contributed by atoms with Gasteiger partial charge in [0.1, 0.15) is 23.0 Å².